The van der Waals surface area contributed by atoms with Crippen LogP contribution in [0.3, 0.4) is 0 Å². The third-order valence-corrected chi connectivity index (χ3v) is 5.78. The number of hydrogen-bond acceptors (Lipinski definition) is 5. The SMILES string of the molecule is CCc1ccc2c(c1)Sc1ccccc1N2CCCS(=O)(=O)[O-].[Na+]. The second-order valence-corrected chi connectivity index (χ2v) is 8.10. The van der Waals surface area contributed by atoms with Gasteiger partial charge in [0.25, 0.3) is 0 Å². The molecule has 0 aliphatic carbocycles. The Hall–Kier alpha value is -0.500. The molecule has 0 unspecified atom stereocenters. The molecule has 0 radical (unpaired) electrons. The molecule has 2 aromatic carbocycles. The molecule has 1 aliphatic rings. The van der Waals surface area contributed by atoms with Crippen LogP contribution in [0.1, 0.15) is 18.9 Å². The summed E-state index contributed by atoms with van der Waals surface area (Å²) in [6.45, 7) is 2.64. The molecule has 0 bridgehead atoms. The third kappa shape index (κ3) is 4.56. The van der Waals surface area contributed by atoms with Gasteiger partial charge in [0.2, 0.25) is 0 Å². The minimum Gasteiger partial charge on any atom is -0.748 e. The van der Waals surface area contributed by atoms with Crippen molar-refractivity contribution in [3.63, 3.8) is 0 Å². The van der Waals surface area contributed by atoms with E-state index in [0.717, 1.165) is 22.7 Å². The fourth-order valence-corrected chi connectivity index (χ4v) is 4.38. The van der Waals surface area contributed by atoms with Gasteiger partial charge in [0.05, 0.1) is 21.5 Å². The Morgan fingerprint density at radius 2 is 1.79 bits per heavy atom. The molecule has 1 heterocycles. The fraction of sp³-hybridized carbons (Fsp3) is 0.294. The summed E-state index contributed by atoms with van der Waals surface area (Å²) in [7, 11) is -4.17. The first-order valence-corrected chi connectivity index (χ1v) is 9.98. The normalized spacial score (nSPS) is 13.0. The van der Waals surface area contributed by atoms with Gasteiger partial charge in [0.1, 0.15) is 0 Å². The van der Waals surface area contributed by atoms with Crippen LogP contribution < -0.4 is 34.5 Å². The van der Waals surface area contributed by atoms with Crippen molar-refractivity contribution in [1.82, 2.24) is 0 Å². The van der Waals surface area contributed by atoms with Gasteiger partial charge in [-0.3, -0.25) is 0 Å². The van der Waals surface area contributed by atoms with Gasteiger partial charge >= 0.3 is 29.6 Å². The monoisotopic (exact) mass is 371 g/mol. The zero-order chi connectivity index (χ0) is 16.4. The molecule has 0 amide bonds. The number of aryl methyl sites for hydroxylation is 1. The van der Waals surface area contributed by atoms with Crippen LogP contribution in [0.25, 0.3) is 0 Å². The summed E-state index contributed by atoms with van der Waals surface area (Å²) < 4.78 is 32.6. The van der Waals surface area contributed by atoms with Crippen molar-refractivity contribution < 1.29 is 42.5 Å². The molecular weight excluding hydrogens is 353 g/mol. The third-order valence-electron chi connectivity index (χ3n) is 3.88. The Bertz CT molecular complexity index is 824. The van der Waals surface area contributed by atoms with Crippen LogP contribution in [0.4, 0.5) is 11.4 Å². The Morgan fingerprint density at radius 3 is 2.50 bits per heavy atom. The number of para-hydroxylation sites is 1. The summed E-state index contributed by atoms with van der Waals surface area (Å²) in [6, 6.07) is 14.5. The molecule has 0 saturated carbocycles. The Morgan fingerprint density at radius 1 is 1.08 bits per heavy atom. The van der Waals surface area contributed by atoms with Crippen molar-refractivity contribution in [2.24, 2.45) is 0 Å². The summed E-state index contributed by atoms with van der Waals surface area (Å²) >= 11 is 1.73. The van der Waals surface area contributed by atoms with Crippen LogP contribution in [0.2, 0.25) is 0 Å². The Balaban J connectivity index is 0.00000208. The zero-order valence-corrected chi connectivity index (χ0v) is 17.5. The van der Waals surface area contributed by atoms with Crippen LogP contribution in [0, 0.1) is 0 Å². The van der Waals surface area contributed by atoms with Crippen molar-refractivity contribution in [3.8, 4) is 0 Å². The summed E-state index contributed by atoms with van der Waals surface area (Å²) in [4.78, 5) is 4.44. The van der Waals surface area contributed by atoms with E-state index in [0.29, 0.717) is 13.0 Å². The van der Waals surface area contributed by atoms with Gasteiger partial charge in [-0.15, -0.1) is 0 Å². The van der Waals surface area contributed by atoms with E-state index in [1.54, 1.807) is 11.8 Å². The van der Waals surface area contributed by atoms with Crippen molar-refractivity contribution in [3.05, 3.63) is 48.0 Å². The predicted molar refractivity (Wildman–Crippen MR) is 92.6 cm³/mol. The topological polar surface area (TPSA) is 60.4 Å². The van der Waals surface area contributed by atoms with Gasteiger partial charge in [0, 0.05) is 22.1 Å². The number of rotatable bonds is 5. The van der Waals surface area contributed by atoms with Crippen LogP contribution in [0.5, 0.6) is 0 Å². The Kier molecular flexibility index (Phi) is 6.82. The van der Waals surface area contributed by atoms with Gasteiger partial charge in [0.15, 0.2) is 0 Å². The molecule has 4 nitrogen and oxygen atoms in total. The van der Waals surface area contributed by atoms with E-state index >= 15 is 0 Å². The van der Waals surface area contributed by atoms with E-state index in [-0.39, 0.29) is 35.3 Å². The van der Waals surface area contributed by atoms with Crippen LogP contribution >= 0.6 is 11.8 Å². The maximum Gasteiger partial charge on any atom is 1.00 e. The van der Waals surface area contributed by atoms with E-state index in [4.69, 9.17) is 0 Å². The average molecular weight is 371 g/mol. The molecule has 0 aromatic heterocycles. The molecule has 7 heteroatoms. The number of fused-ring (bicyclic) bond motifs is 2. The smallest absolute Gasteiger partial charge is 0.748 e. The first-order chi connectivity index (χ1) is 11.0. The van der Waals surface area contributed by atoms with E-state index in [1.165, 1.54) is 10.5 Å². The van der Waals surface area contributed by atoms with Crippen molar-refractivity contribution >= 4 is 33.3 Å². The zero-order valence-electron chi connectivity index (χ0n) is 13.9. The molecule has 2 aromatic rings. The predicted octanol–water partition coefficient (Wildman–Crippen LogP) is 0.791. The summed E-state index contributed by atoms with van der Waals surface area (Å²) in [5.74, 6) is -0.332. The minimum atomic E-state index is -4.17. The fourth-order valence-electron chi connectivity index (χ4n) is 2.74. The maximum absolute atomic E-state index is 10.9. The van der Waals surface area contributed by atoms with E-state index in [2.05, 4.69) is 36.1 Å². The number of anilines is 2. The van der Waals surface area contributed by atoms with Gasteiger partial charge in [-0.1, -0.05) is 36.9 Å². The molecule has 0 fully saturated rings. The van der Waals surface area contributed by atoms with Crippen LogP contribution in [-0.2, 0) is 16.5 Å². The quantitative estimate of drug-likeness (QED) is 0.575. The van der Waals surface area contributed by atoms with Crippen LogP contribution in [0.15, 0.2) is 52.3 Å². The first kappa shape index (κ1) is 19.8. The van der Waals surface area contributed by atoms with E-state index < -0.39 is 10.1 Å². The van der Waals surface area contributed by atoms with E-state index in [1.807, 2.05) is 18.2 Å². The van der Waals surface area contributed by atoms with Crippen molar-refractivity contribution in [2.75, 3.05) is 17.2 Å². The van der Waals surface area contributed by atoms with Crippen molar-refractivity contribution in [1.29, 1.82) is 0 Å². The second-order valence-electron chi connectivity index (χ2n) is 5.49. The molecule has 0 atom stereocenters. The summed E-state index contributed by atoms with van der Waals surface area (Å²) in [6.07, 6.45) is 1.30. The molecule has 24 heavy (non-hydrogen) atoms. The minimum absolute atomic E-state index is 0. The average Bonchev–Trinajstić information content (AvgIpc) is 2.52. The number of hydrogen-bond donors (Lipinski definition) is 0. The van der Waals surface area contributed by atoms with E-state index in [9.17, 15) is 13.0 Å². The van der Waals surface area contributed by atoms with Crippen LogP contribution in [-0.4, -0.2) is 25.3 Å². The first-order valence-electron chi connectivity index (χ1n) is 7.59. The van der Waals surface area contributed by atoms with Gasteiger partial charge < -0.3 is 9.45 Å². The molecular formula is C17H18NNaO3S2. The van der Waals surface area contributed by atoms with Gasteiger partial charge in [-0.2, -0.15) is 0 Å². The van der Waals surface area contributed by atoms with Gasteiger partial charge in [-0.05, 0) is 42.7 Å². The molecule has 1 aliphatic heterocycles. The number of benzene rings is 2. The number of nitrogens with zero attached hydrogens (tertiary/aromatic N) is 1. The molecule has 3 rings (SSSR count). The summed E-state index contributed by atoms with van der Waals surface area (Å²) in [5, 5.41) is 0. The standard InChI is InChI=1S/C17H19NO3S2.Na/c1-2-13-8-9-15-17(12-13)22-16-7-4-3-6-14(16)18(15)10-5-11-23(19,20)21;/h3-4,6-9,12H,2,5,10-11H2,1H3,(H,19,20,21);/q;+1/p-1. The van der Waals surface area contributed by atoms with Crippen molar-refractivity contribution in [2.45, 2.75) is 29.6 Å². The summed E-state index contributed by atoms with van der Waals surface area (Å²) in [5.41, 5.74) is 3.42. The molecule has 0 spiro atoms. The maximum atomic E-state index is 10.9. The van der Waals surface area contributed by atoms with Gasteiger partial charge in [-0.25, -0.2) is 8.42 Å². The largest absolute Gasteiger partial charge is 1.00 e. The Labute approximate surface area is 169 Å². The molecule has 0 saturated heterocycles. The molecule has 0 N–H and O–H groups in total. The second kappa shape index (κ2) is 8.25. The molecule has 122 valence electrons.